The Bertz CT molecular complexity index is 804. The summed E-state index contributed by atoms with van der Waals surface area (Å²) in [6.07, 6.45) is -0.427. The highest BCUT2D eigenvalue weighted by molar-refractivity contribution is 6.35. The molecule has 1 aromatic carbocycles. The topological polar surface area (TPSA) is 93.6 Å². The fourth-order valence-corrected chi connectivity index (χ4v) is 3.23. The third kappa shape index (κ3) is 3.24. The number of aliphatic hydroxyl groups is 1. The first-order valence-electron chi connectivity index (χ1n) is 7.39. The van der Waals surface area contributed by atoms with Crippen molar-refractivity contribution in [3.63, 3.8) is 0 Å². The van der Waals surface area contributed by atoms with Gasteiger partial charge in [0, 0.05) is 36.8 Å². The van der Waals surface area contributed by atoms with Crippen molar-refractivity contribution in [3.8, 4) is 0 Å². The standard InChI is InChI=1S/C16H17ClN2O4/c17-12-3-1-2-10-14(21)6-9(18-15(10)12)7-19-5-4-13(20)11(8-19)16(22)23/h1-3,6,11,13,20H,4-5,7-8H2,(H,18,21)(H,22,23)/t11-,13+/m0/s1. The number of aromatic nitrogens is 1. The Kier molecular flexibility index (Phi) is 4.39. The van der Waals surface area contributed by atoms with Gasteiger partial charge < -0.3 is 15.2 Å². The predicted molar refractivity (Wildman–Crippen MR) is 86.6 cm³/mol. The highest BCUT2D eigenvalue weighted by Crippen LogP contribution is 2.21. The fraction of sp³-hybridized carbons (Fsp3) is 0.375. The van der Waals surface area contributed by atoms with E-state index in [1.54, 1.807) is 18.2 Å². The Labute approximate surface area is 137 Å². The molecule has 2 aromatic rings. The average molecular weight is 337 g/mol. The van der Waals surface area contributed by atoms with Crippen LogP contribution in [-0.2, 0) is 11.3 Å². The number of pyridine rings is 1. The molecule has 1 aromatic heterocycles. The number of piperidine rings is 1. The van der Waals surface area contributed by atoms with Crippen molar-refractivity contribution in [2.45, 2.75) is 19.1 Å². The summed E-state index contributed by atoms with van der Waals surface area (Å²) in [5.74, 6) is -1.81. The van der Waals surface area contributed by atoms with E-state index < -0.39 is 18.0 Å². The summed E-state index contributed by atoms with van der Waals surface area (Å²) in [6.45, 7) is 1.24. The highest BCUT2D eigenvalue weighted by atomic mass is 35.5. The Morgan fingerprint density at radius 2 is 2.22 bits per heavy atom. The number of benzene rings is 1. The third-order valence-corrected chi connectivity index (χ3v) is 4.56. The van der Waals surface area contributed by atoms with Crippen LogP contribution in [0, 0.1) is 5.92 Å². The molecule has 1 aliphatic rings. The molecule has 122 valence electrons. The van der Waals surface area contributed by atoms with Gasteiger partial charge in [0.1, 0.15) is 0 Å². The molecule has 0 spiro atoms. The number of para-hydroxylation sites is 1. The highest BCUT2D eigenvalue weighted by Gasteiger charge is 2.33. The second-order valence-corrected chi connectivity index (χ2v) is 6.26. The molecule has 23 heavy (non-hydrogen) atoms. The minimum absolute atomic E-state index is 0.122. The van der Waals surface area contributed by atoms with Crippen molar-refractivity contribution in [2.24, 2.45) is 5.92 Å². The number of aromatic amines is 1. The summed E-state index contributed by atoms with van der Waals surface area (Å²) in [5, 5.41) is 19.9. The van der Waals surface area contributed by atoms with Crippen LogP contribution in [0.3, 0.4) is 0 Å². The number of H-pyrrole nitrogens is 1. The van der Waals surface area contributed by atoms with Crippen LogP contribution in [0.2, 0.25) is 5.02 Å². The second kappa shape index (κ2) is 6.31. The Morgan fingerprint density at radius 1 is 1.43 bits per heavy atom. The van der Waals surface area contributed by atoms with Gasteiger partial charge in [-0.05, 0) is 18.6 Å². The number of hydrogen-bond acceptors (Lipinski definition) is 4. The number of aliphatic hydroxyl groups excluding tert-OH is 1. The first-order valence-corrected chi connectivity index (χ1v) is 7.77. The van der Waals surface area contributed by atoms with Gasteiger partial charge >= 0.3 is 5.97 Å². The average Bonchev–Trinajstić information content (AvgIpc) is 2.50. The van der Waals surface area contributed by atoms with E-state index in [1.165, 1.54) is 6.07 Å². The van der Waals surface area contributed by atoms with Crippen LogP contribution in [-0.4, -0.2) is 45.3 Å². The number of halogens is 1. The van der Waals surface area contributed by atoms with Crippen molar-refractivity contribution in [3.05, 3.63) is 45.2 Å². The minimum Gasteiger partial charge on any atom is -0.481 e. The summed E-state index contributed by atoms with van der Waals surface area (Å²) in [6, 6.07) is 6.66. The van der Waals surface area contributed by atoms with Crippen molar-refractivity contribution < 1.29 is 15.0 Å². The van der Waals surface area contributed by atoms with Crippen LogP contribution >= 0.6 is 11.6 Å². The van der Waals surface area contributed by atoms with E-state index >= 15 is 0 Å². The maximum atomic E-state index is 12.2. The molecule has 6 nitrogen and oxygen atoms in total. The summed E-state index contributed by atoms with van der Waals surface area (Å²) in [7, 11) is 0. The summed E-state index contributed by atoms with van der Waals surface area (Å²) in [5.41, 5.74) is 1.14. The van der Waals surface area contributed by atoms with Gasteiger partial charge in [-0.15, -0.1) is 0 Å². The number of carboxylic acids is 1. The van der Waals surface area contributed by atoms with Gasteiger partial charge in [0.25, 0.3) is 0 Å². The van der Waals surface area contributed by atoms with Crippen LogP contribution in [0.1, 0.15) is 12.1 Å². The monoisotopic (exact) mass is 336 g/mol. The molecule has 0 aliphatic carbocycles. The van der Waals surface area contributed by atoms with Crippen LogP contribution in [0.4, 0.5) is 0 Å². The third-order valence-electron chi connectivity index (χ3n) is 4.24. The first-order chi connectivity index (χ1) is 11.0. The summed E-state index contributed by atoms with van der Waals surface area (Å²) < 4.78 is 0. The van der Waals surface area contributed by atoms with Gasteiger partial charge in [-0.1, -0.05) is 17.7 Å². The lowest BCUT2D eigenvalue weighted by molar-refractivity contribution is -0.149. The van der Waals surface area contributed by atoms with Gasteiger partial charge in [0.05, 0.1) is 22.6 Å². The quantitative estimate of drug-likeness (QED) is 0.788. The van der Waals surface area contributed by atoms with Gasteiger partial charge in [-0.25, -0.2) is 0 Å². The van der Waals surface area contributed by atoms with Crippen LogP contribution in [0.5, 0.6) is 0 Å². The Balaban J connectivity index is 1.86. The van der Waals surface area contributed by atoms with Gasteiger partial charge in [0.15, 0.2) is 5.43 Å². The fourth-order valence-electron chi connectivity index (χ4n) is 3.01. The molecule has 1 fully saturated rings. The molecule has 0 amide bonds. The molecule has 0 radical (unpaired) electrons. The lowest BCUT2D eigenvalue weighted by atomic mass is 9.95. The number of hydrogen-bond donors (Lipinski definition) is 3. The lowest BCUT2D eigenvalue weighted by Gasteiger charge is -2.33. The maximum absolute atomic E-state index is 12.2. The SMILES string of the molecule is O=C(O)[C@H]1CN(Cc2cc(=O)c3cccc(Cl)c3[nH]2)CC[C@H]1O. The number of carbonyl (C=O) groups is 1. The molecule has 3 N–H and O–H groups in total. The van der Waals surface area contributed by atoms with Gasteiger partial charge in [0.2, 0.25) is 0 Å². The second-order valence-electron chi connectivity index (χ2n) is 5.86. The van der Waals surface area contributed by atoms with Gasteiger partial charge in [-0.3, -0.25) is 14.5 Å². The van der Waals surface area contributed by atoms with Crippen LogP contribution < -0.4 is 5.43 Å². The number of carboxylic acid groups (broad SMARTS) is 1. The number of likely N-dealkylation sites (tertiary alicyclic amines) is 1. The van der Waals surface area contributed by atoms with Crippen molar-refractivity contribution in [1.82, 2.24) is 9.88 Å². The van der Waals surface area contributed by atoms with Crippen molar-refractivity contribution >= 4 is 28.5 Å². The molecule has 0 saturated carbocycles. The minimum atomic E-state index is -1.00. The molecule has 1 saturated heterocycles. The number of fused-ring (bicyclic) bond motifs is 1. The van der Waals surface area contributed by atoms with Crippen LogP contribution in [0.25, 0.3) is 10.9 Å². The molecule has 0 bridgehead atoms. The first kappa shape index (κ1) is 16.0. The smallest absolute Gasteiger partial charge is 0.310 e. The normalized spacial score (nSPS) is 22.3. The molecular formula is C16H17ClN2O4. The van der Waals surface area contributed by atoms with Crippen molar-refractivity contribution in [2.75, 3.05) is 13.1 Å². The molecule has 1 aliphatic heterocycles. The molecular weight excluding hydrogens is 320 g/mol. The number of aliphatic carboxylic acids is 1. The molecule has 3 rings (SSSR count). The van der Waals surface area contributed by atoms with E-state index in [9.17, 15) is 14.7 Å². The Hall–Kier alpha value is -1.89. The van der Waals surface area contributed by atoms with Crippen molar-refractivity contribution in [1.29, 1.82) is 0 Å². The van der Waals surface area contributed by atoms with E-state index in [0.717, 1.165) is 0 Å². The van der Waals surface area contributed by atoms with E-state index in [0.29, 0.717) is 41.1 Å². The molecule has 2 atom stereocenters. The van der Waals surface area contributed by atoms with E-state index in [2.05, 4.69) is 4.98 Å². The zero-order valence-electron chi connectivity index (χ0n) is 12.3. The predicted octanol–water partition coefficient (Wildman–Crippen LogP) is 1.45. The number of rotatable bonds is 3. The Morgan fingerprint density at radius 3 is 2.96 bits per heavy atom. The molecule has 2 heterocycles. The van der Waals surface area contributed by atoms with E-state index in [4.69, 9.17) is 16.7 Å². The van der Waals surface area contributed by atoms with E-state index in [-0.39, 0.29) is 12.0 Å². The summed E-state index contributed by atoms with van der Waals surface area (Å²) in [4.78, 5) is 28.4. The lowest BCUT2D eigenvalue weighted by Crippen LogP contribution is -2.46. The molecule has 0 unspecified atom stereocenters. The van der Waals surface area contributed by atoms with Crippen LogP contribution in [0.15, 0.2) is 29.1 Å². The summed E-state index contributed by atoms with van der Waals surface area (Å²) >= 11 is 6.13. The largest absolute Gasteiger partial charge is 0.481 e. The van der Waals surface area contributed by atoms with E-state index in [1.807, 2.05) is 4.90 Å². The number of nitrogens with zero attached hydrogens (tertiary/aromatic N) is 1. The number of nitrogens with one attached hydrogen (secondary N) is 1. The zero-order valence-corrected chi connectivity index (χ0v) is 13.1. The molecule has 7 heteroatoms. The maximum Gasteiger partial charge on any atom is 0.310 e. The van der Waals surface area contributed by atoms with Gasteiger partial charge in [-0.2, -0.15) is 0 Å². The zero-order chi connectivity index (χ0) is 16.6.